The molecule has 0 aromatic rings. The second kappa shape index (κ2) is 3.45. The number of alkyl halides is 1. The number of hydrogen-bond acceptors (Lipinski definition) is 6. The van der Waals surface area contributed by atoms with Crippen LogP contribution < -0.4 is 5.73 Å². The molecule has 5 atom stereocenters. The van der Waals surface area contributed by atoms with Crippen molar-refractivity contribution in [2.45, 2.75) is 30.4 Å². The molecule has 0 saturated carbocycles. The van der Waals surface area contributed by atoms with Crippen LogP contribution in [0.1, 0.15) is 0 Å². The molecule has 1 unspecified atom stereocenters. The number of nitrogens with two attached hydrogens (primary N) is 1. The van der Waals surface area contributed by atoms with E-state index in [1.807, 2.05) is 0 Å². The number of ether oxygens (including phenoxy) is 1. The zero-order chi connectivity index (χ0) is 10.2. The van der Waals surface area contributed by atoms with Gasteiger partial charge in [-0.15, -0.1) is 0 Å². The third-order valence-corrected chi connectivity index (χ3v) is 2.01. The van der Waals surface area contributed by atoms with Gasteiger partial charge >= 0.3 is 6.04 Å². The van der Waals surface area contributed by atoms with Crippen LogP contribution in [-0.4, -0.2) is 57.4 Å². The van der Waals surface area contributed by atoms with Crippen molar-refractivity contribution >= 4 is 0 Å². The highest BCUT2D eigenvalue weighted by molar-refractivity contribution is 4.93. The molecule has 1 heterocycles. The van der Waals surface area contributed by atoms with E-state index in [9.17, 15) is 4.39 Å². The van der Waals surface area contributed by atoms with Crippen LogP contribution >= 0.6 is 0 Å². The first-order chi connectivity index (χ1) is 5.90. The summed E-state index contributed by atoms with van der Waals surface area (Å²) in [4.78, 5) is 0. The van der Waals surface area contributed by atoms with Gasteiger partial charge in [0.05, 0.1) is 6.61 Å². The minimum atomic E-state index is -3.23. The van der Waals surface area contributed by atoms with Gasteiger partial charge in [-0.3, -0.25) is 0 Å². The molecule has 0 bridgehead atoms. The van der Waals surface area contributed by atoms with E-state index in [0.29, 0.717) is 0 Å². The van der Waals surface area contributed by atoms with Gasteiger partial charge in [0.25, 0.3) is 0 Å². The quantitative estimate of drug-likeness (QED) is 0.307. The summed E-state index contributed by atoms with van der Waals surface area (Å²) in [6, 6.07) is -4.99. The smallest absolute Gasteiger partial charge is 0.336 e. The fourth-order valence-corrected chi connectivity index (χ4v) is 1.15. The van der Waals surface area contributed by atoms with Crippen LogP contribution in [0.3, 0.4) is 0 Å². The van der Waals surface area contributed by atoms with Gasteiger partial charge < -0.3 is 30.9 Å². The molecule has 1 aliphatic heterocycles. The zero-order valence-electron chi connectivity index (χ0n) is 6.67. The molecule has 0 spiro atoms. The predicted octanol–water partition coefficient (Wildman–Crippen LogP) is -2.96. The maximum absolute atomic E-state index is 13.0. The first-order valence-electron chi connectivity index (χ1n) is 3.72. The molecule has 6 N–H and O–H groups in total. The topological polar surface area (TPSA) is 116 Å². The van der Waals surface area contributed by atoms with E-state index in [4.69, 9.17) is 26.2 Å². The largest absolute Gasteiger partial charge is 0.394 e. The highest BCUT2D eigenvalue weighted by Crippen LogP contribution is 2.27. The molecule has 7 heteroatoms. The van der Waals surface area contributed by atoms with Crippen LogP contribution in [0.5, 0.6) is 0 Å². The Morgan fingerprint density at radius 1 is 1.38 bits per heavy atom. The lowest BCUT2D eigenvalue weighted by atomic mass is 9.97. The van der Waals surface area contributed by atoms with Crippen LogP contribution in [0.25, 0.3) is 0 Å². The number of aliphatic hydroxyl groups is 4. The van der Waals surface area contributed by atoms with E-state index >= 15 is 0 Å². The van der Waals surface area contributed by atoms with Crippen LogP contribution in [0.2, 0.25) is 0 Å². The number of halogens is 1. The average molecular weight is 197 g/mol. The normalized spacial score (nSPS) is 52.2. The zero-order valence-corrected chi connectivity index (χ0v) is 6.67. The van der Waals surface area contributed by atoms with Crippen molar-refractivity contribution in [1.29, 1.82) is 0 Å². The fourth-order valence-electron chi connectivity index (χ4n) is 1.15. The van der Waals surface area contributed by atoms with Crippen LogP contribution in [0.15, 0.2) is 0 Å². The molecule has 0 aromatic carbocycles. The van der Waals surface area contributed by atoms with Gasteiger partial charge in [-0.25, -0.2) is 0 Å². The Balaban J connectivity index is 2.79. The second-order valence-corrected chi connectivity index (χ2v) is 2.95. The summed E-state index contributed by atoms with van der Waals surface area (Å²) in [5, 5.41) is 35.7. The van der Waals surface area contributed by atoms with E-state index in [2.05, 4.69) is 4.74 Å². The average Bonchev–Trinajstić information content (AvgIpc) is 2.08. The van der Waals surface area contributed by atoms with Gasteiger partial charge in [0, 0.05) is 0 Å². The van der Waals surface area contributed by atoms with Crippen molar-refractivity contribution in [3.05, 3.63) is 0 Å². The molecule has 13 heavy (non-hydrogen) atoms. The predicted molar refractivity (Wildman–Crippen MR) is 38.0 cm³/mol. The van der Waals surface area contributed by atoms with Gasteiger partial charge in [-0.2, -0.15) is 4.39 Å². The third-order valence-electron chi connectivity index (χ3n) is 2.01. The summed E-state index contributed by atoms with van der Waals surface area (Å²) in [5.41, 5.74) is 5.02. The fraction of sp³-hybridized carbons (Fsp3) is 1.00. The Morgan fingerprint density at radius 2 is 1.92 bits per heavy atom. The molecule has 1 aliphatic rings. The van der Waals surface area contributed by atoms with E-state index in [0.717, 1.165) is 0 Å². The van der Waals surface area contributed by atoms with Gasteiger partial charge in [0.1, 0.15) is 24.4 Å². The first-order valence-corrected chi connectivity index (χ1v) is 3.72. The van der Waals surface area contributed by atoms with Crippen molar-refractivity contribution in [2.75, 3.05) is 6.61 Å². The van der Waals surface area contributed by atoms with Crippen LogP contribution in [-0.2, 0) is 4.74 Å². The molecule has 1 saturated heterocycles. The Kier molecular flexibility index (Phi) is 2.85. The Morgan fingerprint density at radius 3 is 2.38 bits per heavy atom. The molecule has 0 aliphatic carbocycles. The summed E-state index contributed by atoms with van der Waals surface area (Å²) in [6.45, 7) is -0.725. The minimum absolute atomic E-state index is 0.725. The van der Waals surface area contributed by atoms with Gasteiger partial charge in [-0.1, -0.05) is 0 Å². The first kappa shape index (κ1) is 10.8. The van der Waals surface area contributed by atoms with Crippen LogP contribution in [0.4, 0.5) is 4.39 Å². The Hall–Kier alpha value is -0.310. The molecule has 0 radical (unpaired) electrons. The summed E-state index contributed by atoms with van der Waals surface area (Å²) in [7, 11) is 0. The van der Waals surface area contributed by atoms with Crippen molar-refractivity contribution in [3.63, 3.8) is 0 Å². The molecule has 1 fully saturated rings. The standard InChI is InChI=1S/C6H12FNO5/c7-6(12)5(8)4(11)3(10)2(1-9)13-6/h2-5,9-12H,1,8H2/t2-,3+,4+,5-,6?/m1/s1. The van der Waals surface area contributed by atoms with Crippen molar-refractivity contribution < 1.29 is 29.6 Å². The molecule has 78 valence electrons. The highest BCUT2D eigenvalue weighted by atomic mass is 19.2. The van der Waals surface area contributed by atoms with Crippen molar-refractivity contribution in [2.24, 2.45) is 5.73 Å². The SMILES string of the molecule is N[C@@H]1[C@@H](O)[C@@H](O)[C@@H](CO)OC1(O)F. The highest BCUT2D eigenvalue weighted by Gasteiger charge is 2.52. The van der Waals surface area contributed by atoms with Gasteiger partial charge in [0.2, 0.25) is 0 Å². The second-order valence-electron chi connectivity index (χ2n) is 2.95. The van der Waals surface area contributed by atoms with Gasteiger partial charge in [-0.05, 0) is 0 Å². The van der Waals surface area contributed by atoms with E-state index in [1.165, 1.54) is 0 Å². The monoisotopic (exact) mass is 197 g/mol. The third kappa shape index (κ3) is 1.80. The van der Waals surface area contributed by atoms with E-state index in [-0.39, 0.29) is 0 Å². The summed E-state index contributed by atoms with van der Waals surface area (Å²) >= 11 is 0. The molecule has 0 amide bonds. The van der Waals surface area contributed by atoms with Crippen molar-refractivity contribution in [3.8, 4) is 0 Å². The molecular formula is C6H12FNO5. The Labute approximate surface area is 73.4 Å². The lowest BCUT2D eigenvalue weighted by Gasteiger charge is -2.41. The van der Waals surface area contributed by atoms with Crippen molar-refractivity contribution in [1.82, 2.24) is 0 Å². The molecule has 1 rings (SSSR count). The summed E-state index contributed by atoms with van der Waals surface area (Å²) in [6.07, 6.45) is -4.58. The molecule has 0 aromatic heterocycles. The maximum atomic E-state index is 13.0. The maximum Gasteiger partial charge on any atom is 0.336 e. The number of aliphatic hydroxyl groups excluding tert-OH is 3. The lowest BCUT2D eigenvalue weighted by molar-refractivity contribution is -0.372. The molecule has 6 nitrogen and oxygen atoms in total. The Bertz CT molecular complexity index is 188. The van der Waals surface area contributed by atoms with Crippen LogP contribution in [0, 0.1) is 0 Å². The van der Waals surface area contributed by atoms with E-state index in [1.54, 1.807) is 0 Å². The van der Waals surface area contributed by atoms with E-state index < -0.39 is 37.0 Å². The summed E-state index contributed by atoms with van der Waals surface area (Å²) in [5.74, 6) is 0. The molecular weight excluding hydrogens is 185 g/mol. The minimum Gasteiger partial charge on any atom is -0.394 e. The summed E-state index contributed by atoms with van der Waals surface area (Å²) < 4.78 is 17.2. The van der Waals surface area contributed by atoms with Gasteiger partial charge in [0.15, 0.2) is 0 Å². The number of hydrogen-bond donors (Lipinski definition) is 5. The lowest BCUT2D eigenvalue weighted by Crippen LogP contribution is -2.66. The number of rotatable bonds is 1.